The summed E-state index contributed by atoms with van der Waals surface area (Å²) in [5, 5.41) is 10.4. The third-order valence-electron chi connectivity index (χ3n) is 4.63. The minimum atomic E-state index is -4.52. The Morgan fingerprint density at radius 1 is 1.14 bits per heavy atom. The number of carbonyl (C=O) groups is 1. The summed E-state index contributed by atoms with van der Waals surface area (Å²) in [7, 11) is 0. The molecule has 8 heteroatoms. The van der Waals surface area contributed by atoms with Crippen LogP contribution in [0.5, 0.6) is 0 Å². The summed E-state index contributed by atoms with van der Waals surface area (Å²) in [5.74, 6) is -0.0950. The molecule has 0 saturated heterocycles. The first-order chi connectivity index (χ1) is 13.6. The fraction of sp³-hybridized carbons (Fsp3) is 0.238. The van der Waals surface area contributed by atoms with Crippen molar-refractivity contribution >= 4 is 5.78 Å². The average molecular weight is 404 g/mol. The largest absolute Gasteiger partial charge is 0.416 e. The average Bonchev–Trinajstić information content (AvgIpc) is 2.94. The first-order valence-corrected chi connectivity index (χ1v) is 8.83. The molecule has 0 radical (unpaired) electrons. The Morgan fingerprint density at radius 3 is 2.38 bits per heavy atom. The van der Waals surface area contributed by atoms with Gasteiger partial charge in [-0.2, -0.15) is 13.2 Å². The van der Waals surface area contributed by atoms with E-state index in [0.29, 0.717) is 16.9 Å². The zero-order chi connectivity index (χ0) is 21.3. The lowest BCUT2D eigenvalue weighted by molar-refractivity contribution is -0.137. The summed E-state index contributed by atoms with van der Waals surface area (Å²) in [6.07, 6.45) is -4.28. The second-order valence-corrected chi connectivity index (χ2v) is 6.78. The normalized spacial score (nSPS) is 12.8. The van der Waals surface area contributed by atoms with Crippen LogP contribution in [0.4, 0.5) is 13.2 Å². The number of aromatic nitrogens is 2. The molecular formula is C21H19F3N2O3. The second-order valence-electron chi connectivity index (χ2n) is 6.78. The Balaban J connectivity index is 1.89. The van der Waals surface area contributed by atoms with E-state index in [1.165, 1.54) is 34.4 Å². The number of Topliss-reactive ketones (excluding diaryl/α,β-unsaturated/α-hetero) is 1. The monoisotopic (exact) mass is 404 g/mol. The Bertz CT molecular complexity index is 1100. The number of carbonyl (C=O) groups excluding carboxylic acids is 1. The van der Waals surface area contributed by atoms with Gasteiger partial charge in [0.2, 0.25) is 0 Å². The summed E-state index contributed by atoms with van der Waals surface area (Å²) in [6, 6.07) is 10.9. The van der Waals surface area contributed by atoms with Gasteiger partial charge >= 0.3 is 11.9 Å². The predicted molar refractivity (Wildman–Crippen MR) is 101 cm³/mol. The molecule has 3 aromatic rings. The number of halogens is 3. The van der Waals surface area contributed by atoms with Crippen LogP contribution < -0.4 is 5.69 Å². The number of imidazole rings is 1. The molecule has 5 nitrogen and oxygen atoms in total. The van der Waals surface area contributed by atoms with Gasteiger partial charge < -0.3 is 5.11 Å². The third kappa shape index (κ3) is 4.32. The molecule has 0 aliphatic heterocycles. The van der Waals surface area contributed by atoms with E-state index in [9.17, 15) is 27.9 Å². The van der Waals surface area contributed by atoms with E-state index in [0.717, 1.165) is 12.1 Å². The maximum atomic E-state index is 12.9. The van der Waals surface area contributed by atoms with E-state index >= 15 is 0 Å². The number of hydrogen-bond acceptors (Lipinski definition) is 3. The maximum Gasteiger partial charge on any atom is 0.416 e. The van der Waals surface area contributed by atoms with Crippen molar-refractivity contribution in [3.63, 3.8) is 0 Å². The van der Waals surface area contributed by atoms with Crippen molar-refractivity contribution in [2.24, 2.45) is 0 Å². The van der Waals surface area contributed by atoms with Crippen LogP contribution in [0.25, 0.3) is 5.69 Å². The lowest BCUT2D eigenvalue weighted by Gasteiger charge is -2.14. The lowest BCUT2D eigenvalue weighted by Crippen LogP contribution is -2.25. The summed E-state index contributed by atoms with van der Waals surface area (Å²) in [5.41, 5.74) is 0.415. The van der Waals surface area contributed by atoms with Gasteiger partial charge in [0, 0.05) is 17.5 Å². The van der Waals surface area contributed by atoms with Crippen LogP contribution in [0.15, 0.2) is 59.5 Å². The molecule has 0 amide bonds. The number of aliphatic hydroxyl groups is 1. The number of rotatable bonds is 5. The molecule has 0 aliphatic carbocycles. The van der Waals surface area contributed by atoms with Crippen molar-refractivity contribution in [2.75, 3.05) is 0 Å². The zero-order valence-electron chi connectivity index (χ0n) is 15.8. The summed E-state index contributed by atoms with van der Waals surface area (Å²) in [6.45, 7) is 2.95. The second kappa shape index (κ2) is 7.71. The van der Waals surface area contributed by atoms with Crippen molar-refractivity contribution in [1.82, 2.24) is 9.13 Å². The highest BCUT2D eigenvalue weighted by Gasteiger charge is 2.31. The number of nitrogens with zero attached hydrogens (tertiary/aromatic N) is 2. The molecule has 1 atom stereocenters. The van der Waals surface area contributed by atoms with Crippen molar-refractivity contribution in [3.05, 3.63) is 87.6 Å². The fourth-order valence-electron chi connectivity index (χ4n) is 3.12. The van der Waals surface area contributed by atoms with Crippen molar-refractivity contribution < 1.29 is 23.1 Å². The topological polar surface area (TPSA) is 64.2 Å². The molecule has 3 rings (SSSR count). The number of benzene rings is 2. The fourth-order valence-corrected chi connectivity index (χ4v) is 3.12. The van der Waals surface area contributed by atoms with Crippen molar-refractivity contribution in [1.29, 1.82) is 0 Å². The first kappa shape index (κ1) is 20.6. The summed E-state index contributed by atoms with van der Waals surface area (Å²) >= 11 is 0. The van der Waals surface area contributed by atoms with Crippen LogP contribution >= 0.6 is 0 Å². The highest BCUT2D eigenvalue weighted by molar-refractivity contribution is 5.94. The van der Waals surface area contributed by atoms with Gasteiger partial charge in [0.05, 0.1) is 23.9 Å². The number of alkyl halides is 3. The highest BCUT2D eigenvalue weighted by Crippen LogP contribution is 2.31. The number of aliphatic hydroxyl groups excluding tert-OH is 1. The van der Waals surface area contributed by atoms with Crippen LogP contribution in [0.2, 0.25) is 0 Å². The Morgan fingerprint density at radius 2 is 1.79 bits per heavy atom. The molecule has 0 spiro atoms. The van der Waals surface area contributed by atoms with Gasteiger partial charge in [-0.15, -0.1) is 0 Å². The van der Waals surface area contributed by atoms with E-state index in [-0.39, 0.29) is 17.9 Å². The summed E-state index contributed by atoms with van der Waals surface area (Å²) < 4.78 is 41.3. The summed E-state index contributed by atoms with van der Waals surface area (Å²) in [4.78, 5) is 24.2. The first-order valence-electron chi connectivity index (χ1n) is 8.83. The van der Waals surface area contributed by atoms with E-state index in [1.54, 1.807) is 31.2 Å². The maximum absolute atomic E-state index is 12.9. The Labute approximate surface area is 164 Å². The molecule has 0 saturated carbocycles. The SMILES string of the molecule is CC(=O)c1ccc(-n2c(C)cn(CC(O)c3cccc(C(F)(F)F)c3)c2=O)cc1. The van der Waals surface area contributed by atoms with Gasteiger partial charge in [-0.05, 0) is 55.8 Å². The Kier molecular flexibility index (Phi) is 5.48. The van der Waals surface area contributed by atoms with Gasteiger partial charge in [-0.25, -0.2) is 4.79 Å². The van der Waals surface area contributed by atoms with Crippen molar-refractivity contribution in [3.8, 4) is 5.69 Å². The molecule has 1 heterocycles. The minimum Gasteiger partial charge on any atom is -0.387 e. The molecule has 0 aliphatic rings. The molecule has 152 valence electrons. The molecule has 1 unspecified atom stereocenters. The van der Waals surface area contributed by atoms with E-state index in [1.807, 2.05) is 0 Å². The number of hydrogen-bond donors (Lipinski definition) is 1. The van der Waals surface area contributed by atoms with Crippen LogP contribution in [-0.4, -0.2) is 20.0 Å². The Hall–Kier alpha value is -3.13. The molecular weight excluding hydrogens is 385 g/mol. The highest BCUT2D eigenvalue weighted by atomic mass is 19.4. The van der Waals surface area contributed by atoms with Gasteiger partial charge in [0.25, 0.3) is 0 Å². The lowest BCUT2D eigenvalue weighted by atomic mass is 10.1. The quantitative estimate of drug-likeness (QED) is 0.656. The molecule has 1 aromatic heterocycles. The molecule has 29 heavy (non-hydrogen) atoms. The minimum absolute atomic E-state index is 0.0722. The van der Waals surface area contributed by atoms with Gasteiger partial charge in [0.15, 0.2) is 5.78 Å². The smallest absolute Gasteiger partial charge is 0.387 e. The van der Waals surface area contributed by atoms with Gasteiger partial charge in [-0.3, -0.25) is 13.9 Å². The van der Waals surface area contributed by atoms with E-state index in [4.69, 9.17) is 0 Å². The van der Waals surface area contributed by atoms with Crippen molar-refractivity contribution in [2.45, 2.75) is 32.7 Å². The van der Waals surface area contributed by atoms with E-state index < -0.39 is 23.5 Å². The van der Waals surface area contributed by atoms with E-state index in [2.05, 4.69) is 0 Å². The number of aryl methyl sites for hydroxylation is 1. The van der Waals surface area contributed by atoms with Crippen LogP contribution in [0, 0.1) is 6.92 Å². The molecule has 0 bridgehead atoms. The van der Waals surface area contributed by atoms with Crippen LogP contribution in [0.3, 0.4) is 0 Å². The molecule has 1 N–H and O–H groups in total. The standard InChI is InChI=1S/C21H19F3N2O3/c1-13-11-25(12-19(28)16-4-3-5-17(10-16)21(22,23)24)20(29)26(13)18-8-6-15(7-9-18)14(2)27/h3-11,19,28H,12H2,1-2H3. The van der Waals surface area contributed by atoms with Crippen LogP contribution in [0.1, 0.15) is 40.2 Å². The van der Waals surface area contributed by atoms with Crippen LogP contribution in [-0.2, 0) is 12.7 Å². The van der Waals surface area contributed by atoms with Gasteiger partial charge in [-0.1, -0.05) is 12.1 Å². The predicted octanol–water partition coefficient (Wildman–Crippen LogP) is 3.90. The van der Waals surface area contributed by atoms with Gasteiger partial charge in [0.1, 0.15) is 0 Å². The number of ketones is 1. The zero-order valence-corrected chi connectivity index (χ0v) is 15.8. The molecule has 2 aromatic carbocycles. The molecule has 0 fully saturated rings. The third-order valence-corrected chi connectivity index (χ3v) is 4.63.